The molecule has 5 nitrogen and oxygen atoms in total. The molecule has 0 saturated heterocycles. The molecule has 0 aliphatic rings. The molecule has 0 aliphatic heterocycles. The van der Waals surface area contributed by atoms with E-state index in [-0.39, 0.29) is 0 Å². The third-order valence-corrected chi connectivity index (χ3v) is 3.04. The van der Waals surface area contributed by atoms with Crippen molar-refractivity contribution in [2.24, 2.45) is 0 Å². The van der Waals surface area contributed by atoms with Crippen LogP contribution in [0, 0.1) is 3.57 Å². The topological polar surface area (TPSA) is 67.2 Å². The van der Waals surface area contributed by atoms with Gasteiger partial charge in [-0.25, -0.2) is 0 Å². The fourth-order valence-corrected chi connectivity index (χ4v) is 1.91. The van der Waals surface area contributed by atoms with Crippen molar-refractivity contribution in [3.8, 4) is 0 Å². The van der Waals surface area contributed by atoms with Gasteiger partial charge in [0, 0.05) is 12.7 Å². The maximum atomic E-state index is 11.1. The van der Waals surface area contributed by atoms with Gasteiger partial charge in [0.05, 0.1) is 9.77 Å². The summed E-state index contributed by atoms with van der Waals surface area (Å²) < 4.78 is 2.82. The minimum Gasteiger partial charge on any atom is -0.480 e. The lowest BCUT2D eigenvalue weighted by atomic mass is 9.98. The molecule has 90 valence electrons. The molecule has 0 radical (unpaired) electrons. The molecule has 0 bridgehead atoms. The van der Waals surface area contributed by atoms with Gasteiger partial charge < -0.3 is 10.4 Å². The van der Waals surface area contributed by atoms with Crippen molar-refractivity contribution in [3.63, 3.8) is 0 Å². The summed E-state index contributed by atoms with van der Waals surface area (Å²) >= 11 is 2.18. The van der Waals surface area contributed by atoms with Crippen LogP contribution >= 0.6 is 22.6 Å². The van der Waals surface area contributed by atoms with E-state index in [0.29, 0.717) is 19.5 Å². The summed E-state index contributed by atoms with van der Waals surface area (Å²) in [6.07, 6.45) is 4.16. The normalized spacial score (nSPS) is 14.7. The number of aromatic nitrogens is 2. The third-order valence-electron chi connectivity index (χ3n) is 2.48. The van der Waals surface area contributed by atoms with E-state index in [4.69, 9.17) is 5.11 Å². The molecule has 0 amide bonds. The van der Waals surface area contributed by atoms with Crippen molar-refractivity contribution in [2.75, 3.05) is 6.54 Å². The highest BCUT2D eigenvalue weighted by molar-refractivity contribution is 14.1. The van der Waals surface area contributed by atoms with Gasteiger partial charge in [0.1, 0.15) is 5.54 Å². The summed E-state index contributed by atoms with van der Waals surface area (Å²) in [6, 6.07) is 0. The predicted octanol–water partition coefficient (Wildman–Crippen LogP) is 1.33. The van der Waals surface area contributed by atoms with Crippen LogP contribution in [0.4, 0.5) is 0 Å². The van der Waals surface area contributed by atoms with Crippen LogP contribution in [0.25, 0.3) is 0 Å². The molecule has 1 unspecified atom stereocenters. The Kier molecular flexibility index (Phi) is 4.72. The van der Waals surface area contributed by atoms with Crippen molar-refractivity contribution < 1.29 is 9.90 Å². The molecule has 1 aromatic heterocycles. The molecule has 0 aliphatic carbocycles. The number of aliphatic carboxylic acids is 1. The van der Waals surface area contributed by atoms with Gasteiger partial charge >= 0.3 is 5.97 Å². The molecule has 1 atom stereocenters. The number of nitrogens with one attached hydrogen (secondary N) is 1. The first-order valence-electron chi connectivity index (χ1n) is 5.14. The summed E-state index contributed by atoms with van der Waals surface area (Å²) in [5.41, 5.74) is -0.883. The molecule has 2 N–H and O–H groups in total. The Morgan fingerprint density at radius 3 is 2.88 bits per heavy atom. The number of rotatable bonds is 6. The monoisotopic (exact) mass is 337 g/mol. The van der Waals surface area contributed by atoms with Crippen LogP contribution in [-0.2, 0) is 11.3 Å². The van der Waals surface area contributed by atoms with E-state index in [1.807, 2.05) is 13.1 Å². The molecule has 0 saturated carbocycles. The first kappa shape index (κ1) is 13.4. The highest BCUT2D eigenvalue weighted by atomic mass is 127. The zero-order chi connectivity index (χ0) is 12.2. The summed E-state index contributed by atoms with van der Waals surface area (Å²) in [4.78, 5) is 11.1. The summed E-state index contributed by atoms with van der Waals surface area (Å²) in [6.45, 7) is 4.84. The molecule has 0 aromatic carbocycles. The second-order valence-corrected chi connectivity index (χ2v) is 5.08. The Hall–Kier alpha value is -0.630. The van der Waals surface area contributed by atoms with Crippen LogP contribution in [0.15, 0.2) is 12.4 Å². The largest absolute Gasteiger partial charge is 0.480 e. The van der Waals surface area contributed by atoms with Crippen molar-refractivity contribution in [1.29, 1.82) is 0 Å². The highest BCUT2D eigenvalue weighted by Crippen LogP contribution is 2.12. The zero-order valence-corrected chi connectivity index (χ0v) is 11.6. The van der Waals surface area contributed by atoms with Crippen LogP contribution in [0.3, 0.4) is 0 Å². The summed E-state index contributed by atoms with van der Waals surface area (Å²) in [7, 11) is 0. The Morgan fingerprint density at radius 2 is 2.44 bits per heavy atom. The van der Waals surface area contributed by atoms with Crippen LogP contribution in [-0.4, -0.2) is 32.9 Å². The SMILES string of the molecule is CCNC(C)(CCn1cc(I)cn1)C(=O)O. The van der Waals surface area contributed by atoms with E-state index in [1.54, 1.807) is 17.8 Å². The van der Waals surface area contributed by atoms with Gasteiger partial charge in [-0.3, -0.25) is 9.48 Å². The quantitative estimate of drug-likeness (QED) is 0.769. The van der Waals surface area contributed by atoms with E-state index >= 15 is 0 Å². The molecule has 0 fully saturated rings. The smallest absolute Gasteiger partial charge is 0.323 e. The maximum absolute atomic E-state index is 11.1. The van der Waals surface area contributed by atoms with E-state index < -0.39 is 11.5 Å². The Balaban J connectivity index is 2.60. The Morgan fingerprint density at radius 1 is 1.75 bits per heavy atom. The van der Waals surface area contributed by atoms with Crippen LogP contribution in [0.1, 0.15) is 20.3 Å². The van der Waals surface area contributed by atoms with Gasteiger partial charge in [0.25, 0.3) is 0 Å². The average Bonchev–Trinajstić information content (AvgIpc) is 2.61. The van der Waals surface area contributed by atoms with Gasteiger partial charge in [-0.05, 0) is 42.5 Å². The van der Waals surface area contributed by atoms with Crippen molar-refractivity contribution >= 4 is 28.6 Å². The maximum Gasteiger partial charge on any atom is 0.323 e. The van der Waals surface area contributed by atoms with Gasteiger partial charge in [-0.1, -0.05) is 6.92 Å². The third kappa shape index (κ3) is 3.44. The molecule has 1 rings (SSSR count). The molecular formula is C10H16IN3O2. The minimum absolute atomic E-state index is 0.508. The van der Waals surface area contributed by atoms with Gasteiger partial charge in [0.15, 0.2) is 0 Å². The standard InChI is InChI=1S/C10H16IN3O2/c1-3-12-10(2,9(15)16)4-5-14-7-8(11)6-13-14/h6-7,12H,3-5H2,1-2H3,(H,15,16). The first-order chi connectivity index (χ1) is 7.48. The van der Waals surface area contributed by atoms with Gasteiger partial charge in [-0.15, -0.1) is 0 Å². The van der Waals surface area contributed by atoms with Crippen LogP contribution in [0.5, 0.6) is 0 Å². The van der Waals surface area contributed by atoms with Crippen LogP contribution < -0.4 is 5.32 Å². The number of halogens is 1. The number of carboxylic acids is 1. The number of carbonyl (C=O) groups is 1. The first-order valence-corrected chi connectivity index (χ1v) is 6.22. The minimum atomic E-state index is -0.883. The summed E-state index contributed by atoms with van der Waals surface area (Å²) in [5.74, 6) is -0.823. The number of nitrogens with zero attached hydrogens (tertiary/aromatic N) is 2. The van der Waals surface area contributed by atoms with E-state index in [1.165, 1.54) is 0 Å². The number of carboxylic acid groups (broad SMARTS) is 1. The molecule has 0 spiro atoms. The number of likely N-dealkylation sites (N-methyl/N-ethyl adjacent to an activating group) is 1. The van der Waals surface area contributed by atoms with Gasteiger partial charge in [0.2, 0.25) is 0 Å². The van der Waals surface area contributed by atoms with E-state index in [9.17, 15) is 4.79 Å². The van der Waals surface area contributed by atoms with E-state index in [0.717, 1.165) is 3.57 Å². The molecule has 1 heterocycles. The van der Waals surface area contributed by atoms with E-state index in [2.05, 4.69) is 33.0 Å². The number of hydrogen-bond acceptors (Lipinski definition) is 3. The molecular weight excluding hydrogens is 321 g/mol. The second-order valence-electron chi connectivity index (χ2n) is 3.84. The Labute approximate surface area is 108 Å². The van der Waals surface area contributed by atoms with Crippen molar-refractivity contribution in [3.05, 3.63) is 16.0 Å². The fourth-order valence-electron chi connectivity index (χ4n) is 1.46. The zero-order valence-electron chi connectivity index (χ0n) is 9.40. The number of hydrogen-bond donors (Lipinski definition) is 2. The van der Waals surface area contributed by atoms with Crippen molar-refractivity contribution in [1.82, 2.24) is 15.1 Å². The van der Waals surface area contributed by atoms with Gasteiger partial charge in [-0.2, -0.15) is 5.10 Å². The highest BCUT2D eigenvalue weighted by Gasteiger charge is 2.31. The lowest BCUT2D eigenvalue weighted by Crippen LogP contribution is -2.50. The fraction of sp³-hybridized carbons (Fsp3) is 0.600. The number of aryl methyl sites for hydroxylation is 1. The molecule has 6 heteroatoms. The second kappa shape index (κ2) is 5.62. The molecule has 16 heavy (non-hydrogen) atoms. The Bertz CT molecular complexity index is 367. The average molecular weight is 337 g/mol. The predicted molar refractivity (Wildman–Crippen MR) is 69.3 cm³/mol. The lowest BCUT2D eigenvalue weighted by Gasteiger charge is -2.25. The van der Waals surface area contributed by atoms with Crippen LogP contribution in [0.2, 0.25) is 0 Å². The summed E-state index contributed by atoms with van der Waals surface area (Å²) in [5, 5.41) is 16.3. The van der Waals surface area contributed by atoms with Crippen molar-refractivity contribution in [2.45, 2.75) is 32.4 Å². The molecule has 1 aromatic rings. The lowest BCUT2D eigenvalue weighted by molar-refractivity contribution is -0.144.